The fourth-order valence-corrected chi connectivity index (χ4v) is 6.88. The number of ether oxygens (including phenoxy) is 1. The Bertz CT molecular complexity index is 643. The third-order valence-electron chi connectivity index (χ3n) is 8.35. The van der Waals surface area contributed by atoms with Crippen molar-refractivity contribution in [3.8, 4) is 0 Å². The van der Waals surface area contributed by atoms with Gasteiger partial charge in [0.25, 0.3) is 0 Å². The number of rotatable bonds is 3. The van der Waals surface area contributed by atoms with Crippen molar-refractivity contribution in [2.75, 3.05) is 6.61 Å². The second kappa shape index (κ2) is 6.91. The number of carbonyl (C=O) groups excluding carboxylic acids is 2. The molecule has 4 aliphatic carbocycles. The van der Waals surface area contributed by atoms with Gasteiger partial charge in [0.2, 0.25) is 0 Å². The zero-order valence-electron chi connectivity index (χ0n) is 16.7. The maximum atomic E-state index is 12.5. The fraction of sp³-hybridized carbons (Fsp3) is 0.818. The third-order valence-corrected chi connectivity index (χ3v) is 8.35. The number of ketones is 1. The molecule has 0 bridgehead atoms. The summed E-state index contributed by atoms with van der Waals surface area (Å²) in [5, 5.41) is 0. The molecule has 0 aromatic rings. The molecule has 0 amide bonds. The number of fused-ring (bicyclic) bond motifs is 5. The van der Waals surface area contributed by atoms with E-state index in [-0.39, 0.29) is 16.9 Å². The lowest BCUT2D eigenvalue weighted by Gasteiger charge is -2.58. The molecular weight excluding hydrogens is 344 g/mol. The lowest BCUT2D eigenvalue weighted by Crippen LogP contribution is -2.52. The summed E-state index contributed by atoms with van der Waals surface area (Å²) in [6, 6.07) is 0. The van der Waals surface area contributed by atoms with E-state index in [1.165, 1.54) is 6.42 Å². The molecular formula is C22H32O5. The molecule has 0 aromatic heterocycles. The Morgan fingerprint density at radius 2 is 2.00 bits per heavy atom. The number of allylic oxidation sites excluding steroid dienone is 1. The van der Waals surface area contributed by atoms with Crippen molar-refractivity contribution in [3.63, 3.8) is 0 Å². The largest absolute Gasteiger partial charge is 0.541 e. The monoisotopic (exact) mass is 376 g/mol. The van der Waals surface area contributed by atoms with Crippen LogP contribution in [0, 0.1) is 34.5 Å². The van der Waals surface area contributed by atoms with Crippen molar-refractivity contribution in [1.82, 2.24) is 0 Å². The van der Waals surface area contributed by atoms with Crippen LogP contribution >= 0.6 is 0 Å². The zero-order chi connectivity index (χ0) is 19.2. The summed E-state index contributed by atoms with van der Waals surface area (Å²) >= 11 is 0. The van der Waals surface area contributed by atoms with Crippen LogP contribution in [-0.2, 0) is 19.3 Å². The number of Topliss-reactive ketones (excluding diaryl/α,β-unsaturated/α-hetero) is 1. The predicted octanol–water partition coefficient (Wildman–Crippen LogP) is 4.85. The average molecular weight is 376 g/mol. The Kier molecular flexibility index (Phi) is 4.86. The van der Waals surface area contributed by atoms with Crippen LogP contribution in [-0.4, -0.2) is 24.6 Å². The lowest BCUT2D eigenvalue weighted by atomic mass is 9.46. The van der Waals surface area contributed by atoms with Gasteiger partial charge < -0.3 is 4.74 Å². The molecule has 5 heteroatoms. The molecule has 2 unspecified atom stereocenters. The molecule has 0 saturated heterocycles. The van der Waals surface area contributed by atoms with Crippen LogP contribution in [0.2, 0.25) is 0 Å². The van der Waals surface area contributed by atoms with E-state index in [0.29, 0.717) is 36.1 Å². The summed E-state index contributed by atoms with van der Waals surface area (Å²) < 4.78 is 5.41. The van der Waals surface area contributed by atoms with Gasteiger partial charge in [0.1, 0.15) is 11.9 Å². The van der Waals surface area contributed by atoms with Gasteiger partial charge in [0, 0.05) is 11.8 Å². The zero-order valence-corrected chi connectivity index (χ0v) is 16.7. The van der Waals surface area contributed by atoms with Gasteiger partial charge >= 0.3 is 6.16 Å². The molecule has 0 N–H and O–H groups in total. The van der Waals surface area contributed by atoms with Gasteiger partial charge in [-0.2, -0.15) is 4.89 Å². The van der Waals surface area contributed by atoms with Crippen molar-refractivity contribution in [2.24, 2.45) is 34.5 Å². The van der Waals surface area contributed by atoms with Crippen LogP contribution in [0.4, 0.5) is 4.79 Å². The van der Waals surface area contributed by atoms with Crippen LogP contribution < -0.4 is 0 Å². The van der Waals surface area contributed by atoms with Crippen molar-refractivity contribution in [1.29, 1.82) is 0 Å². The molecule has 7 atom stereocenters. The molecule has 4 rings (SSSR count). The van der Waals surface area contributed by atoms with Gasteiger partial charge in [-0.15, -0.1) is 0 Å². The third kappa shape index (κ3) is 3.02. The van der Waals surface area contributed by atoms with E-state index in [1.807, 2.05) is 6.08 Å². The summed E-state index contributed by atoms with van der Waals surface area (Å²) in [5.41, 5.74) is 0.0665. The van der Waals surface area contributed by atoms with E-state index in [4.69, 9.17) is 4.74 Å². The Hall–Kier alpha value is -1.36. The van der Waals surface area contributed by atoms with Crippen LogP contribution in [0.25, 0.3) is 0 Å². The Morgan fingerprint density at radius 3 is 2.78 bits per heavy atom. The minimum Gasteiger partial charge on any atom is -0.425 e. The fourth-order valence-electron chi connectivity index (χ4n) is 6.88. The highest BCUT2D eigenvalue weighted by molar-refractivity contribution is 5.87. The second-order valence-electron chi connectivity index (χ2n) is 9.43. The highest BCUT2D eigenvalue weighted by atomic mass is 17.2. The maximum Gasteiger partial charge on any atom is 0.541 e. The van der Waals surface area contributed by atoms with Gasteiger partial charge in [0.15, 0.2) is 0 Å². The van der Waals surface area contributed by atoms with E-state index >= 15 is 0 Å². The van der Waals surface area contributed by atoms with Crippen molar-refractivity contribution in [2.45, 2.75) is 71.8 Å². The molecule has 0 radical (unpaired) electrons. The van der Waals surface area contributed by atoms with E-state index in [2.05, 4.69) is 29.7 Å². The minimum atomic E-state index is -0.762. The number of hydrogen-bond donors (Lipinski definition) is 0. The topological polar surface area (TPSA) is 61.8 Å². The second-order valence-corrected chi connectivity index (χ2v) is 9.43. The summed E-state index contributed by atoms with van der Waals surface area (Å²) in [6.45, 7) is 6.67. The SMILES string of the molecule is CCOOC(=O)OC1C=C[C@@]2(C)C(CC[C@@H]3[C@H]2CC[C@]2(C)C(=O)CC[C@@H]32)C1. The van der Waals surface area contributed by atoms with Gasteiger partial charge in [-0.25, -0.2) is 4.79 Å². The first-order valence-electron chi connectivity index (χ1n) is 10.6. The normalized spacial score (nSPS) is 45.6. The molecule has 4 aliphatic rings. The molecule has 0 spiro atoms. The van der Waals surface area contributed by atoms with E-state index in [1.54, 1.807) is 6.92 Å². The molecule has 150 valence electrons. The summed E-state index contributed by atoms with van der Waals surface area (Å²) in [5.74, 6) is 2.85. The molecule has 3 fully saturated rings. The van der Waals surface area contributed by atoms with Crippen molar-refractivity contribution in [3.05, 3.63) is 12.2 Å². The molecule has 5 nitrogen and oxygen atoms in total. The Balaban J connectivity index is 1.49. The Morgan fingerprint density at radius 1 is 1.19 bits per heavy atom. The van der Waals surface area contributed by atoms with Gasteiger partial charge in [-0.05, 0) is 80.6 Å². The van der Waals surface area contributed by atoms with Crippen molar-refractivity contribution < 1.29 is 24.1 Å². The van der Waals surface area contributed by atoms with Crippen molar-refractivity contribution >= 4 is 11.9 Å². The quantitative estimate of drug-likeness (QED) is 0.305. The summed E-state index contributed by atoms with van der Waals surface area (Å²) in [7, 11) is 0. The lowest BCUT2D eigenvalue weighted by molar-refractivity contribution is -0.253. The first-order valence-corrected chi connectivity index (χ1v) is 10.6. The Labute approximate surface area is 161 Å². The summed E-state index contributed by atoms with van der Waals surface area (Å²) in [6.07, 6.45) is 10.6. The van der Waals surface area contributed by atoms with Crippen LogP contribution in [0.15, 0.2) is 12.2 Å². The average Bonchev–Trinajstić information content (AvgIpc) is 2.95. The van der Waals surface area contributed by atoms with Crippen LogP contribution in [0.1, 0.15) is 65.7 Å². The van der Waals surface area contributed by atoms with Crippen LogP contribution in [0.5, 0.6) is 0 Å². The standard InChI is InChI=1S/C22H32O5/c1-4-25-27-20(24)26-15-9-11-21(2)14(13-15)5-6-16-17-7-8-19(23)22(17,3)12-10-18(16)21/h9,11,14-18H,4-8,10,12-13H2,1-3H3/t14?,15?,16-,17-,18+,21-,22-/m0/s1. The smallest absolute Gasteiger partial charge is 0.425 e. The van der Waals surface area contributed by atoms with Crippen LogP contribution in [0.3, 0.4) is 0 Å². The highest BCUT2D eigenvalue weighted by Crippen LogP contribution is 2.64. The molecule has 0 heterocycles. The first-order chi connectivity index (χ1) is 12.9. The van der Waals surface area contributed by atoms with E-state index in [0.717, 1.165) is 38.5 Å². The maximum absolute atomic E-state index is 12.5. The van der Waals surface area contributed by atoms with Gasteiger partial charge in [0.05, 0.1) is 6.61 Å². The van der Waals surface area contributed by atoms with Gasteiger partial charge in [-0.1, -0.05) is 19.9 Å². The first kappa shape index (κ1) is 19.0. The highest BCUT2D eigenvalue weighted by Gasteiger charge is 2.59. The molecule has 27 heavy (non-hydrogen) atoms. The van der Waals surface area contributed by atoms with E-state index in [9.17, 15) is 9.59 Å². The van der Waals surface area contributed by atoms with E-state index < -0.39 is 6.16 Å². The minimum absolute atomic E-state index is 0.0720. The molecule has 0 aliphatic heterocycles. The summed E-state index contributed by atoms with van der Waals surface area (Å²) in [4.78, 5) is 33.4. The molecule has 3 saturated carbocycles. The number of hydrogen-bond acceptors (Lipinski definition) is 5. The predicted molar refractivity (Wildman–Crippen MR) is 99.6 cm³/mol. The molecule has 0 aromatic carbocycles. The number of carbonyl (C=O) groups is 2. The van der Waals surface area contributed by atoms with Gasteiger partial charge in [-0.3, -0.25) is 9.68 Å².